The van der Waals surface area contributed by atoms with Gasteiger partial charge in [-0.3, -0.25) is 9.59 Å². The molecule has 182 valence electrons. The average molecular weight is 481 g/mol. The molecule has 0 unspecified atom stereocenters. The van der Waals surface area contributed by atoms with Crippen LogP contribution < -0.4 is 5.32 Å². The van der Waals surface area contributed by atoms with Gasteiger partial charge in [-0.25, -0.2) is 13.8 Å². The van der Waals surface area contributed by atoms with E-state index in [1.165, 1.54) is 24.3 Å². The van der Waals surface area contributed by atoms with E-state index in [1.807, 2.05) is 4.57 Å². The minimum atomic E-state index is -0.342. The van der Waals surface area contributed by atoms with Gasteiger partial charge in [0.2, 0.25) is 5.91 Å². The predicted molar refractivity (Wildman–Crippen MR) is 125 cm³/mol. The number of nitrogens with one attached hydrogen (secondary N) is 1. The standard InChI is InChI=1S/C26H26F2N4O3/c1-16-12-20(28)6-7-21(16)30-25(33)18-8-10-31(11-9-18)26(34)24-22-14-35-23(13-32(22)15-29-24)17-2-4-19(27)5-3-17/h2-7,12,15,18,23H,8-11,13-14H2,1H3,(H,30,33)/t23-/m1/s1. The fourth-order valence-corrected chi connectivity index (χ4v) is 4.68. The first-order valence-electron chi connectivity index (χ1n) is 11.7. The highest BCUT2D eigenvalue weighted by molar-refractivity contribution is 5.95. The Balaban J connectivity index is 1.19. The maximum atomic E-state index is 13.3. The minimum Gasteiger partial charge on any atom is -0.365 e. The van der Waals surface area contributed by atoms with Crippen molar-refractivity contribution in [3.63, 3.8) is 0 Å². The number of amides is 2. The summed E-state index contributed by atoms with van der Waals surface area (Å²) in [5, 5.41) is 2.88. The van der Waals surface area contributed by atoms with Gasteiger partial charge in [0, 0.05) is 24.7 Å². The Morgan fingerprint density at radius 2 is 1.77 bits per heavy atom. The van der Waals surface area contributed by atoms with Crippen LogP contribution in [-0.4, -0.2) is 39.4 Å². The molecule has 2 aliphatic heterocycles. The highest BCUT2D eigenvalue weighted by Crippen LogP contribution is 2.29. The van der Waals surface area contributed by atoms with Gasteiger partial charge in [0.1, 0.15) is 17.7 Å². The molecule has 0 radical (unpaired) electrons. The monoisotopic (exact) mass is 480 g/mol. The molecule has 2 aliphatic rings. The number of halogens is 2. The normalized spacial score (nSPS) is 18.3. The Labute approximate surface area is 201 Å². The molecule has 2 amide bonds. The lowest BCUT2D eigenvalue weighted by Crippen LogP contribution is -2.42. The van der Waals surface area contributed by atoms with Crippen molar-refractivity contribution in [3.8, 4) is 0 Å². The lowest BCUT2D eigenvalue weighted by atomic mass is 9.95. The summed E-state index contributed by atoms with van der Waals surface area (Å²) in [5.41, 5.74) is 3.22. The molecule has 1 atom stereocenters. The second-order valence-electron chi connectivity index (χ2n) is 9.06. The largest absolute Gasteiger partial charge is 0.365 e. The molecule has 5 rings (SSSR count). The number of imidazole rings is 1. The second kappa shape index (κ2) is 9.58. The van der Waals surface area contributed by atoms with Gasteiger partial charge in [0.15, 0.2) is 5.69 Å². The third-order valence-electron chi connectivity index (χ3n) is 6.77. The SMILES string of the molecule is Cc1cc(F)ccc1NC(=O)C1CCN(C(=O)c2ncn3c2CO[C@@H](c2ccc(F)cc2)C3)CC1. The number of carbonyl (C=O) groups excluding carboxylic acids is 2. The van der Waals surface area contributed by atoms with Crippen LogP contribution in [0.2, 0.25) is 0 Å². The van der Waals surface area contributed by atoms with E-state index in [0.29, 0.717) is 49.4 Å². The molecule has 0 aliphatic carbocycles. The molecule has 2 aromatic carbocycles. The van der Waals surface area contributed by atoms with Gasteiger partial charge in [0.25, 0.3) is 5.91 Å². The van der Waals surface area contributed by atoms with Gasteiger partial charge in [0.05, 0.1) is 25.2 Å². The van der Waals surface area contributed by atoms with Crippen molar-refractivity contribution < 1.29 is 23.1 Å². The first-order chi connectivity index (χ1) is 16.9. The van der Waals surface area contributed by atoms with Crippen LogP contribution in [0, 0.1) is 24.5 Å². The van der Waals surface area contributed by atoms with E-state index < -0.39 is 0 Å². The van der Waals surface area contributed by atoms with Gasteiger partial charge in [-0.15, -0.1) is 0 Å². The molecule has 0 spiro atoms. The zero-order valence-corrected chi connectivity index (χ0v) is 19.3. The van der Waals surface area contributed by atoms with Gasteiger partial charge in [-0.05, 0) is 61.2 Å². The number of benzene rings is 2. The molecule has 3 heterocycles. The molecule has 7 nitrogen and oxygen atoms in total. The van der Waals surface area contributed by atoms with Crippen LogP contribution in [0.15, 0.2) is 48.8 Å². The minimum absolute atomic E-state index is 0.119. The van der Waals surface area contributed by atoms with Crippen LogP contribution >= 0.6 is 0 Å². The third kappa shape index (κ3) is 4.81. The summed E-state index contributed by atoms with van der Waals surface area (Å²) in [4.78, 5) is 32.0. The van der Waals surface area contributed by atoms with Crippen molar-refractivity contribution in [2.45, 2.75) is 39.0 Å². The third-order valence-corrected chi connectivity index (χ3v) is 6.77. The van der Waals surface area contributed by atoms with E-state index in [0.717, 1.165) is 11.3 Å². The number of nitrogens with zero attached hydrogens (tertiary/aromatic N) is 3. The molecule has 1 saturated heterocycles. The fourth-order valence-electron chi connectivity index (χ4n) is 4.68. The Morgan fingerprint density at radius 3 is 2.49 bits per heavy atom. The Hall–Kier alpha value is -3.59. The summed E-state index contributed by atoms with van der Waals surface area (Å²) in [6.07, 6.45) is 2.49. The zero-order chi connectivity index (χ0) is 24.5. The smallest absolute Gasteiger partial charge is 0.274 e. The second-order valence-corrected chi connectivity index (χ2v) is 9.06. The van der Waals surface area contributed by atoms with Crippen LogP contribution in [0.3, 0.4) is 0 Å². The van der Waals surface area contributed by atoms with Crippen molar-refractivity contribution in [2.24, 2.45) is 5.92 Å². The first-order valence-corrected chi connectivity index (χ1v) is 11.7. The van der Waals surface area contributed by atoms with Crippen LogP contribution in [-0.2, 0) is 22.7 Å². The van der Waals surface area contributed by atoms with E-state index in [1.54, 1.807) is 36.4 Å². The molecule has 0 saturated carbocycles. The van der Waals surface area contributed by atoms with Crippen LogP contribution in [0.4, 0.5) is 14.5 Å². The molecule has 9 heteroatoms. The average Bonchev–Trinajstić information content (AvgIpc) is 3.29. The molecule has 3 aromatic rings. The predicted octanol–water partition coefficient (Wildman–Crippen LogP) is 4.23. The quantitative estimate of drug-likeness (QED) is 0.606. The summed E-state index contributed by atoms with van der Waals surface area (Å²) in [5.74, 6) is -1.15. The number of piperidine rings is 1. The van der Waals surface area contributed by atoms with Crippen molar-refractivity contribution in [1.29, 1.82) is 0 Å². The molecular weight excluding hydrogens is 454 g/mol. The van der Waals surface area contributed by atoms with Gasteiger partial charge in [-0.1, -0.05) is 12.1 Å². The number of aromatic nitrogens is 2. The highest BCUT2D eigenvalue weighted by Gasteiger charge is 2.32. The van der Waals surface area contributed by atoms with E-state index in [2.05, 4.69) is 10.3 Å². The molecule has 1 fully saturated rings. The number of aryl methyl sites for hydroxylation is 1. The summed E-state index contributed by atoms with van der Waals surface area (Å²) in [6.45, 7) is 3.37. The fraction of sp³-hybridized carbons (Fsp3) is 0.346. The number of fused-ring (bicyclic) bond motifs is 1. The van der Waals surface area contributed by atoms with Crippen molar-refractivity contribution in [2.75, 3.05) is 18.4 Å². The maximum absolute atomic E-state index is 13.3. The summed E-state index contributed by atoms with van der Waals surface area (Å²) >= 11 is 0. The van der Waals surface area contributed by atoms with E-state index >= 15 is 0 Å². The number of likely N-dealkylation sites (tertiary alicyclic amines) is 1. The van der Waals surface area contributed by atoms with Crippen molar-refractivity contribution in [1.82, 2.24) is 14.5 Å². The molecule has 1 aromatic heterocycles. The Bertz CT molecular complexity index is 1250. The Kier molecular flexibility index (Phi) is 6.34. The van der Waals surface area contributed by atoms with E-state index in [9.17, 15) is 18.4 Å². The van der Waals surface area contributed by atoms with E-state index in [-0.39, 0.29) is 42.1 Å². The molecule has 0 bridgehead atoms. The lowest BCUT2D eigenvalue weighted by molar-refractivity contribution is -0.121. The number of hydrogen-bond donors (Lipinski definition) is 1. The number of rotatable bonds is 4. The summed E-state index contributed by atoms with van der Waals surface area (Å²) < 4.78 is 34.4. The van der Waals surface area contributed by atoms with Gasteiger partial charge in [-0.2, -0.15) is 0 Å². The summed E-state index contributed by atoms with van der Waals surface area (Å²) in [6, 6.07) is 10.5. The van der Waals surface area contributed by atoms with Crippen molar-refractivity contribution in [3.05, 3.63) is 82.9 Å². The first kappa shape index (κ1) is 23.2. The topological polar surface area (TPSA) is 76.5 Å². The lowest BCUT2D eigenvalue weighted by Gasteiger charge is -2.31. The number of hydrogen-bond acceptors (Lipinski definition) is 4. The van der Waals surface area contributed by atoms with Crippen LogP contribution in [0.1, 0.15) is 46.3 Å². The van der Waals surface area contributed by atoms with Crippen LogP contribution in [0.5, 0.6) is 0 Å². The van der Waals surface area contributed by atoms with Gasteiger partial charge >= 0.3 is 0 Å². The summed E-state index contributed by atoms with van der Waals surface area (Å²) in [7, 11) is 0. The maximum Gasteiger partial charge on any atom is 0.274 e. The highest BCUT2D eigenvalue weighted by atomic mass is 19.1. The Morgan fingerprint density at radius 1 is 1.06 bits per heavy atom. The van der Waals surface area contributed by atoms with Crippen LogP contribution in [0.25, 0.3) is 0 Å². The van der Waals surface area contributed by atoms with Crippen molar-refractivity contribution >= 4 is 17.5 Å². The number of carbonyl (C=O) groups is 2. The molecule has 1 N–H and O–H groups in total. The number of anilines is 1. The number of ether oxygens (including phenoxy) is 1. The zero-order valence-electron chi connectivity index (χ0n) is 19.3. The molecular formula is C26H26F2N4O3. The molecule has 35 heavy (non-hydrogen) atoms. The van der Waals surface area contributed by atoms with E-state index in [4.69, 9.17) is 4.74 Å². The van der Waals surface area contributed by atoms with Gasteiger partial charge < -0.3 is 19.5 Å².